The molecule has 0 aliphatic carbocycles. The van der Waals surface area contributed by atoms with Crippen LogP contribution in [-0.4, -0.2) is 19.9 Å². The number of aliphatic imine (C=N–C) groups is 1. The zero-order chi connectivity index (χ0) is 12.8. The summed E-state index contributed by atoms with van der Waals surface area (Å²) in [5.74, 6) is 1.48. The van der Waals surface area contributed by atoms with E-state index in [-0.39, 0.29) is 0 Å². The highest BCUT2D eigenvalue weighted by molar-refractivity contribution is 5.99. The molecule has 0 atom stereocenters. The van der Waals surface area contributed by atoms with Gasteiger partial charge in [0.2, 0.25) is 0 Å². The van der Waals surface area contributed by atoms with Crippen molar-refractivity contribution in [3.05, 3.63) is 42.1 Å². The normalized spacial score (nSPS) is 14.7. The van der Waals surface area contributed by atoms with Crippen LogP contribution in [0.15, 0.2) is 41.5 Å². The third-order valence-electron chi connectivity index (χ3n) is 2.79. The summed E-state index contributed by atoms with van der Waals surface area (Å²) in [4.78, 5) is 4.31. The molecular weight excluding hydrogens is 226 g/mol. The largest absolute Gasteiger partial charge is 0.493 e. The van der Waals surface area contributed by atoms with Crippen LogP contribution in [-0.2, 0) is 0 Å². The van der Waals surface area contributed by atoms with Crippen LogP contribution >= 0.6 is 0 Å². The Balaban J connectivity index is 2.16. The van der Waals surface area contributed by atoms with Gasteiger partial charge in [0.25, 0.3) is 0 Å². The number of hydrogen-bond donors (Lipinski definition) is 0. The van der Waals surface area contributed by atoms with Crippen LogP contribution in [0.1, 0.15) is 18.4 Å². The van der Waals surface area contributed by atoms with Crippen molar-refractivity contribution in [2.24, 2.45) is 4.99 Å². The molecule has 18 heavy (non-hydrogen) atoms. The SMILES string of the molecule is COc1ccc(/C=C/C2=NC=CCC2)cc1OC. The fourth-order valence-corrected chi connectivity index (χ4v) is 1.79. The number of allylic oxidation sites excluding steroid dienone is 2. The molecule has 1 aromatic rings. The molecule has 0 aromatic heterocycles. The molecule has 0 saturated carbocycles. The summed E-state index contributed by atoms with van der Waals surface area (Å²) in [5, 5.41) is 0. The summed E-state index contributed by atoms with van der Waals surface area (Å²) in [7, 11) is 3.28. The summed E-state index contributed by atoms with van der Waals surface area (Å²) in [6.45, 7) is 0. The molecule has 0 unspecified atom stereocenters. The second-order valence-electron chi connectivity index (χ2n) is 3.99. The molecule has 2 rings (SSSR count). The number of nitrogens with zero attached hydrogens (tertiary/aromatic N) is 1. The predicted molar refractivity (Wildman–Crippen MR) is 74.4 cm³/mol. The Morgan fingerprint density at radius 2 is 1.94 bits per heavy atom. The van der Waals surface area contributed by atoms with Crippen molar-refractivity contribution in [2.75, 3.05) is 14.2 Å². The van der Waals surface area contributed by atoms with E-state index in [9.17, 15) is 0 Å². The highest BCUT2D eigenvalue weighted by Gasteiger charge is 2.03. The third kappa shape index (κ3) is 3.00. The highest BCUT2D eigenvalue weighted by Crippen LogP contribution is 2.28. The fraction of sp³-hybridized carbons (Fsp3) is 0.267. The van der Waals surface area contributed by atoms with Gasteiger partial charge in [-0.3, -0.25) is 4.99 Å². The maximum atomic E-state index is 5.27. The van der Waals surface area contributed by atoms with Crippen LogP contribution in [0, 0.1) is 0 Å². The molecule has 1 aromatic carbocycles. The van der Waals surface area contributed by atoms with Crippen LogP contribution < -0.4 is 9.47 Å². The van der Waals surface area contributed by atoms with Crippen molar-refractivity contribution in [2.45, 2.75) is 12.8 Å². The molecule has 3 nitrogen and oxygen atoms in total. The van der Waals surface area contributed by atoms with Gasteiger partial charge in [-0.1, -0.05) is 18.2 Å². The molecule has 3 heteroatoms. The Labute approximate surface area is 107 Å². The van der Waals surface area contributed by atoms with Gasteiger partial charge in [0.1, 0.15) is 0 Å². The molecule has 0 spiro atoms. The van der Waals surface area contributed by atoms with E-state index in [1.807, 2.05) is 36.6 Å². The quantitative estimate of drug-likeness (QED) is 0.810. The molecule has 1 aliphatic heterocycles. The molecule has 94 valence electrons. The van der Waals surface area contributed by atoms with Crippen molar-refractivity contribution in [3.8, 4) is 11.5 Å². The Bertz CT molecular complexity index is 501. The Morgan fingerprint density at radius 1 is 1.11 bits per heavy atom. The predicted octanol–water partition coefficient (Wildman–Crippen LogP) is 3.47. The second-order valence-corrected chi connectivity index (χ2v) is 3.99. The van der Waals surface area contributed by atoms with Gasteiger partial charge in [0.05, 0.1) is 14.2 Å². The lowest BCUT2D eigenvalue weighted by molar-refractivity contribution is 0.355. The summed E-state index contributed by atoms with van der Waals surface area (Å²) in [5.41, 5.74) is 2.18. The third-order valence-corrected chi connectivity index (χ3v) is 2.79. The Hall–Kier alpha value is -2.03. The number of hydrogen-bond acceptors (Lipinski definition) is 3. The lowest BCUT2D eigenvalue weighted by atomic mass is 10.1. The van der Waals surface area contributed by atoms with Gasteiger partial charge in [-0.25, -0.2) is 0 Å². The molecule has 0 amide bonds. The first kappa shape index (κ1) is 12.4. The number of methoxy groups -OCH3 is 2. The molecule has 0 saturated heterocycles. The van der Waals surface area contributed by atoms with Gasteiger partial charge in [0, 0.05) is 11.9 Å². The Morgan fingerprint density at radius 3 is 2.61 bits per heavy atom. The lowest BCUT2D eigenvalue weighted by Crippen LogP contribution is -1.95. The van der Waals surface area contributed by atoms with Crippen LogP contribution in [0.2, 0.25) is 0 Å². The van der Waals surface area contributed by atoms with Crippen molar-refractivity contribution in [1.29, 1.82) is 0 Å². The number of ether oxygens (including phenoxy) is 2. The molecule has 0 fully saturated rings. The van der Waals surface area contributed by atoms with Gasteiger partial charge in [-0.05, 0) is 36.6 Å². The smallest absolute Gasteiger partial charge is 0.161 e. The van der Waals surface area contributed by atoms with Crippen LogP contribution in [0.25, 0.3) is 6.08 Å². The van der Waals surface area contributed by atoms with Gasteiger partial charge >= 0.3 is 0 Å². The van der Waals surface area contributed by atoms with Gasteiger partial charge < -0.3 is 9.47 Å². The fourth-order valence-electron chi connectivity index (χ4n) is 1.79. The summed E-state index contributed by atoms with van der Waals surface area (Å²) in [6.07, 6.45) is 10.1. The summed E-state index contributed by atoms with van der Waals surface area (Å²) < 4.78 is 10.5. The molecule has 0 bridgehead atoms. The standard InChI is InChI=1S/C15H17NO2/c1-17-14-9-7-12(11-15(14)18-2)6-8-13-5-3-4-10-16-13/h4,6-11H,3,5H2,1-2H3/b8-6+. The van der Waals surface area contributed by atoms with E-state index in [4.69, 9.17) is 9.47 Å². The Kier molecular flexibility index (Phi) is 4.18. The van der Waals surface area contributed by atoms with E-state index >= 15 is 0 Å². The van der Waals surface area contributed by atoms with Crippen LogP contribution in [0.5, 0.6) is 11.5 Å². The van der Waals surface area contributed by atoms with Crippen LogP contribution in [0.3, 0.4) is 0 Å². The first-order valence-corrected chi connectivity index (χ1v) is 5.95. The van der Waals surface area contributed by atoms with E-state index in [0.717, 1.165) is 35.6 Å². The van der Waals surface area contributed by atoms with Gasteiger partial charge in [-0.15, -0.1) is 0 Å². The molecular formula is C15H17NO2. The van der Waals surface area contributed by atoms with Crippen molar-refractivity contribution in [3.63, 3.8) is 0 Å². The average molecular weight is 243 g/mol. The van der Waals surface area contributed by atoms with Crippen molar-refractivity contribution < 1.29 is 9.47 Å². The number of benzene rings is 1. The molecule has 0 radical (unpaired) electrons. The second kappa shape index (κ2) is 6.05. The molecule has 1 heterocycles. The molecule has 0 N–H and O–H groups in total. The minimum absolute atomic E-state index is 0.741. The van der Waals surface area contributed by atoms with Gasteiger partial charge in [0.15, 0.2) is 11.5 Å². The number of rotatable bonds is 4. The summed E-state index contributed by atoms with van der Waals surface area (Å²) in [6, 6.07) is 5.85. The van der Waals surface area contributed by atoms with Gasteiger partial charge in [-0.2, -0.15) is 0 Å². The minimum atomic E-state index is 0.741. The van der Waals surface area contributed by atoms with E-state index in [0.29, 0.717) is 0 Å². The average Bonchev–Trinajstić information content (AvgIpc) is 2.45. The topological polar surface area (TPSA) is 30.8 Å². The van der Waals surface area contributed by atoms with E-state index in [2.05, 4.69) is 11.1 Å². The van der Waals surface area contributed by atoms with Crippen molar-refractivity contribution in [1.82, 2.24) is 0 Å². The first-order chi connectivity index (χ1) is 8.83. The zero-order valence-corrected chi connectivity index (χ0v) is 10.7. The van der Waals surface area contributed by atoms with E-state index < -0.39 is 0 Å². The summed E-state index contributed by atoms with van der Waals surface area (Å²) >= 11 is 0. The maximum absolute atomic E-state index is 5.27. The zero-order valence-electron chi connectivity index (χ0n) is 10.7. The van der Waals surface area contributed by atoms with E-state index in [1.165, 1.54) is 0 Å². The first-order valence-electron chi connectivity index (χ1n) is 5.95. The minimum Gasteiger partial charge on any atom is -0.493 e. The highest BCUT2D eigenvalue weighted by atomic mass is 16.5. The monoisotopic (exact) mass is 243 g/mol. The van der Waals surface area contributed by atoms with E-state index in [1.54, 1.807) is 14.2 Å². The maximum Gasteiger partial charge on any atom is 0.161 e. The van der Waals surface area contributed by atoms with Crippen molar-refractivity contribution >= 4 is 11.8 Å². The lowest BCUT2D eigenvalue weighted by Gasteiger charge is -2.08. The molecule has 1 aliphatic rings. The van der Waals surface area contributed by atoms with Crippen LogP contribution in [0.4, 0.5) is 0 Å².